The smallest absolute Gasteiger partial charge is 0.225 e. The minimum absolute atomic E-state index is 0.287. The largest absolute Gasteiger partial charge is 0.439 e. The first-order valence-electron chi connectivity index (χ1n) is 8.96. The third kappa shape index (κ3) is 5.64. The second-order valence-electron chi connectivity index (χ2n) is 6.57. The van der Waals surface area contributed by atoms with E-state index >= 15 is 0 Å². The summed E-state index contributed by atoms with van der Waals surface area (Å²) in [7, 11) is 0. The number of hydrogen-bond acceptors (Lipinski definition) is 6. The lowest BCUT2D eigenvalue weighted by Gasteiger charge is -2.35. The molecule has 1 aromatic carbocycles. The number of ether oxygens (including phenoxy) is 2. The molecule has 2 aromatic rings. The fourth-order valence-electron chi connectivity index (χ4n) is 3.08. The van der Waals surface area contributed by atoms with E-state index < -0.39 is 0 Å². The first-order valence-corrected chi connectivity index (χ1v) is 8.96. The summed E-state index contributed by atoms with van der Waals surface area (Å²) in [6.45, 7) is 7.96. The van der Waals surface area contributed by atoms with Crippen LogP contribution in [-0.2, 0) is 4.74 Å². The van der Waals surface area contributed by atoms with Crippen molar-refractivity contribution >= 4 is 5.95 Å². The van der Waals surface area contributed by atoms with E-state index in [1.165, 1.54) is 12.1 Å². The van der Waals surface area contributed by atoms with Gasteiger partial charge in [0.25, 0.3) is 0 Å². The summed E-state index contributed by atoms with van der Waals surface area (Å²) in [6, 6.07) is 7.50. The van der Waals surface area contributed by atoms with Crippen molar-refractivity contribution in [2.75, 3.05) is 31.5 Å². The van der Waals surface area contributed by atoms with Crippen LogP contribution in [0.1, 0.15) is 20.3 Å². The van der Waals surface area contributed by atoms with Gasteiger partial charge in [-0.05, 0) is 44.5 Å². The maximum atomic E-state index is 12.9. The molecule has 0 amide bonds. The van der Waals surface area contributed by atoms with Crippen LogP contribution in [0.5, 0.6) is 11.6 Å². The minimum Gasteiger partial charge on any atom is -0.439 e. The second kappa shape index (κ2) is 8.91. The highest BCUT2D eigenvalue weighted by atomic mass is 19.1. The Labute approximate surface area is 153 Å². The second-order valence-corrected chi connectivity index (χ2v) is 6.57. The molecule has 1 aliphatic rings. The summed E-state index contributed by atoms with van der Waals surface area (Å²) in [5.41, 5.74) is 0. The zero-order valence-corrected chi connectivity index (χ0v) is 15.2. The first kappa shape index (κ1) is 18.5. The highest BCUT2D eigenvalue weighted by Crippen LogP contribution is 2.20. The molecule has 7 heteroatoms. The Morgan fingerprint density at radius 2 is 1.92 bits per heavy atom. The van der Waals surface area contributed by atoms with Gasteiger partial charge in [-0.1, -0.05) is 0 Å². The Hall–Kier alpha value is -2.25. The number of aromatic nitrogens is 2. The molecule has 2 unspecified atom stereocenters. The molecule has 1 aliphatic heterocycles. The van der Waals surface area contributed by atoms with E-state index in [4.69, 9.17) is 9.47 Å². The predicted molar refractivity (Wildman–Crippen MR) is 98.1 cm³/mol. The number of hydrogen-bond donors (Lipinski definition) is 1. The van der Waals surface area contributed by atoms with E-state index in [2.05, 4.69) is 34.0 Å². The van der Waals surface area contributed by atoms with Crippen molar-refractivity contribution in [1.82, 2.24) is 14.9 Å². The van der Waals surface area contributed by atoms with Gasteiger partial charge in [0, 0.05) is 38.4 Å². The fourth-order valence-corrected chi connectivity index (χ4v) is 3.08. The van der Waals surface area contributed by atoms with Gasteiger partial charge in [0.15, 0.2) is 0 Å². The summed E-state index contributed by atoms with van der Waals surface area (Å²) >= 11 is 0. The molecular weight excluding hydrogens is 335 g/mol. The number of nitrogens with zero attached hydrogens (tertiary/aromatic N) is 3. The standard InChI is InChI=1S/C19H25FN4O2/c1-14-12-24(13-15(2)25-14)11-3-9-21-19-22-10-8-18(23-19)26-17-6-4-16(20)5-7-17/h4-8,10,14-15H,3,9,11-13H2,1-2H3,(H,21,22,23). The molecule has 0 spiro atoms. The maximum Gasteiger partial charge on any atom is 0.225 e. The lowest BCUT2D eigenvalue weighted by Crippen LogP contribution is -2.45. The average Bonchev–Trinajstić information content (AvgIpc) is 2.60. The molecule has 1 aromatic heterocycles. The molecule has 0 radical (unpaired) electrons. The Balaban J connectivity index is 1.44. The zero-order chi connectivity index (χ0) is 18.4. The van der Waals surface area contributed by atoms with Crippen LogP contribution in [0, 0.1) is 5.82 Å². The van der Waals surface area contributed by atoms with Gasteiger partial charge in [-0.3, -0.25) is 4.90 Å². The molecule has 0 saturated carbocycles. The van der Waals surface area contributed by atoms with E-state index in [1.807, 2.05) is 0 Å². The zero-order valence-electron chi connectivity index (χ0n) is 15.2. The Bertz CT molecular complexity index is 688. The van der Waals surface area contributed by atoms with E-state index in [0.29, 0.717) is 17.6 Å². The number of morpholine rings is 1. The molecule has 2 atom stereocenters. The van der Waals surface area contributed by atoms with Crippen LogP contribution in [0.2, 0.25) is 0 Å². The van der Waals surface area contributed by atoms with Crippen molar-refractivity contribution in [1.29, 1.82) is 0 Å². The van der Waals surface area contributed by atoms with E-state index in [0.717, 1.165) is 32.6 Å². The highest BCUT2D eigenvalue weighted by molar-refractivity contribution is 5.31. The molecule has 3 rings (SSSR count). The summed E-state index contributed by atoms with van der Waals surface area (Å²) in [4.78, 5) is 11.0. The Morgan fingerprint density at radius 3 is 2.65 bits per heavy atom. The third-order valence-electron chi connectivity index (χ3n) is 4.10. The maximum absolute atomic E-state index is 12.9. The van der Waals surface area contributed by atoms with Crippen LogP contribution in [0.4, 0.5) is 10.3 Å². The number of anilines is 1. The van der Waals surface area contributed by atoms with Crippen LogP contribution < -0.4 is 10.1 Å². The van der Waals surface area contributed by atoms with Gasteiger partial charge >= 0.3 is 0 Å². The minimum atomic E-state index is -0.300. The molecule has 140 valence electrons. The van der Waals surface area contributed by atoms with Crippen LogP contribution in [0.3, 0.4) is 0 Å². The van der Waals surface area contributed by atoms with Gasteiger partial charge in [0.1, 0.15) is 11.6 Å². The quantitative estimate of drug-likeness (QED) is 0.765. The van der Waals surface area contributed by atoms with E-state index in [-0.39, 0.29) is 18.0 Å². The number of nitrogens with one attached hydrogen (secondary N) is 1. The molecule has 0 bridgehead atoms. The van der Waals surface area contributed by atoms with Crippen LogP contribution in [-0.4, -0.2) is 53.3 Å². The molecular formula is C19H25FN4O2. The SMILES string of the molecule is CC1CN(CCCNc2nccc(Oc3ccc(F)cc3)n2)CC(C)O1. The summed E-state index contributed by atoms with van der Waals surface area (Å²) in [5, 5.41) is 3.22. The van der Waals surface area contributed by atoms with Crippen molar-refractivity contribution < 1.29 is 13.9 Å². The predicted octanol–water partition coefficient (Wildman–Crippen LogP) is 3.32. The lowest BCUT2D eigenvalue weighted by atomic mass is 10.2. The number of benzene rings is 1. The molecule has 1 fully saturated rings. The van der Waals surface area contributed by atoms with Crippen molar-refractivity contribution in [3.05, 3.63) is 42.3 Å². The lowest BCUT2D eigenvalue weighted by molar-refractivity contribution is -0.0678. The van der Waals surface area contributed by atoms with E-state index in [1.54, 1.807) is 24.4 Å². The van der Waals surface area contributed by atoms with Gasteiger partial charge in [-0.2, -0.15) is 4.98 Å². The van der Waals surface area contributed by atoms with Gasteiger partial charge in [0.05, 0.1) is 12.2 Å². The third-order valence-corrected chi connectivity index (χ3v) is 4.10. The van der Waals surface area contributed by atoms with Gasteiger partial charge in [-0.25, -0.2) is 9.37 Å². The molecule has 6 nitrogen and oxygen atoms in total. The van der Waals surface area contributed by atoms with Crippen molar-refractivity contribution in [2.45, 2.75) is 32.5 Å². The van der Waals surface area contributed by atoms with Crippen molar-refractivity contribution in [2.24, 2.45) is 0 Å². The van der Waals surface area contributed by atoms with Crippen LogP contribution >= 0.6 is 0 Å². The van der Waals surface area contributed by atoms with Crippen LogP contribution in [0.15, 0.2) is 36.5 Å². The summed E-state index contributed by atoms with van der Waals surface area (Å²) in [5.74, 6) is 1.18. The topological polar surface area (TPSA) is 59.5 Å². The molecule has 0 aliphatic carbocycles. The van der Waals surface area contributed by atoms with Crippen molar-refractivity contribution in [3.63, 3.8) is 0 Å². The summed E-state index contributed by atoms with van der Waals surface area (Å²) < 4.78 is 24.3. The van der Waals surface area contributed by atoms with Gasteiger partial charge < -0.3 is 14.8 Å². The Morgan fingerprint density at radius 1 is 1.19 bits per heavy atom. The summed E-state index contributed by atoms with van der Waals surface area (Å²) in [6.07, 6.45) is 3.21. The van der Waals surface area contributed by atoms with Crippen molar-refractivity contribution in [3.8, 4) is 11.6 Å². The van der Waals surface area contributed by atoms with Gasteiger partial charge in [-0.15, -0.1) is 0 Å². The number of halogens is 1. The Kier molecular flexibility index (Phi) is 6.35. The molecule has 2 heterocycles. The first-order chi connectivity index (χ1) is 12.6. The fraction of sp³-hybridized carbons (Fsp3) is 0.474. The van der Waals surface area contributed by atoms with Gasteiger partial charge in [0.2, 0.25) is 11.8 Å². The van der Waals surface area contributed by atoms with E-state index in [9.17, 15) is 4.39 Å². The highest BCUT2D eigenvalue weighted by Gasteiger charge is 2.21. The average molecular weight is 360 g/mol. The monoisotopic (exact) mass is 360 g/mol. The number of rotatable bonds is 7. The molecule has 1 saturated heterocycles. The van der Waals surface area contributed by atoms with Crippen LogP contribution in [0.25, 0.3) is 0 Å². The molecule has 1 N–H and O–H groups in total. The molecule has 26 heavy (non-hydrogen) atoms. The normalized spacial score (nSPS) is 20.7.